The Hall–Kier alpha value is -1.75. The van der Waals surface area contributed by atoms with Crippen molar-refractivity contribution in [3.05, 3.63) is 58.2 Å². The standard InChI is InChI=1S/C19H20Cl2N4/c20-17-5-3-13(8-18(17)21)11-25-7-1-2-16(12-25)23-15-4-6-19-14(9-15)10-22-24-19/h3-6,8-10,16,23H,1-2,7,11-12H2,(H,22,24). The van der Waals surface area contributed by atoms with Crippen molar-refractivity contribution in [3.63, 3.8) is 0 Å². The highest BCUT2D eigenvalue weighted by Crippen LogP contribution is 2.25. The highest BCUT2D eigenvalue weighted by atomic mass is 35.5. The smallest absolute Gasteiger partial charge is 0.0651 e. The molecule has 1 fully saturated rings. The molecule has 1 aliphatic heterocycles. The fourth-order valence-corrected chi connectivity index (χ4v) is 3.80. The number of aromatic nitrogens is 2. The molecule has 0 bridgehead atoms. The largest absolute Gasteiger partial charge is 0.381 e. The SMILES string of the molecule is Clc1ccc(CN2CCCC(Nc3ccc4[nH]ncc4c3)C2)cc1Cl. The lowest BCUT2D eigenvalue weighted by molar-refractivity contribution is 0.208. The van der Waals surface area contributed by atoms with Crippen LogP contribution in [-0.2, 0) is 6.54 Å². The van der Waals surface area contributed by atoms with Crippen molar-refractivity contribution in [2.75, 3.05) is 18.4 Å². The molecule has 2 N–H and O–H groups in total. The van der Waals surface area contributed by atoms with Gasteiger partial charge in [-0.05, 0) is 55.3 Å². The van der Waals surface area contributed by atoms with Gasteiger partial charge in [-0.15, -0.1) is 0 Å². The van der Waals surface area contributed by atoms with E-state index >= 15 is 0 Å². The predicted molar refractivity (Wildman–Crippen MR) is 104 cm³/mol. The summed E-state index contributed by atoms with van der Waals surface area (Å²) < 4.78 is 0. The first-order chi connectivity index (χ1) is 12.2. The Morgan fingerprint density at radius 2 is 2.08 bits per heavy atom. The average molecular weight is 375 g/mol. The van der Waals surface area contributed by atoms with Crippen molar-refractivity contribution in [2.45, 2.75) is 25.4 Å². The van der Waals surface area contributed by atoms with Gasteiger partial charge in [0.1, 0.15) is 0 Å². The third-order valence-electron chi connectivity index (χ3n) is 4.71. The number of rotatable bonds is 4. The quantitative estimate of drug-likeness (QED) is 0.679. The van der Waals surface area contributed by atoms with Crippen molar-refractivity contribution in [2.24, 2.45) is 0 Å². The minimum Gasteiger partial charge on any atom is -0.381 e. The third kappa shape index (κ3) is 3.92. The first kappa shape index (κ1) is 16.7. The van der Waals surface area contributed by atoms with Crippen molar-refractivity contribution >= 4 is 39.8 Å². The van der Waals surface area contributed by atoms with E-state index in [0.717, 1.165) is 36.2 Å². The van der Waals surface area contributed by atoms with E-state index in [4.69, 9.17) is 23.2 Å². The van der Waals surface area contributed by atoms with Crippen LogP contribution in [0.2, 0.25) is 10.0 Å². The third-order valence-corrected chi connectivity index (χ3v) is 5.45. The van der Waals surface area contributed by atoms with E-state index < -0.39 is 0 Å². The summed E-state index contributed by atoms with van der Waals surface area (Å²) in [5, 5.41) is 13.1. The van der Waals surface area contributed by atoms with Crippen molar-refractivity contribution in [3.8, 4) is 0 Å². The number of hydrogen-bond donors (Lipinski definition) is 2. The molecule has 1 unspecified atom stereocenters. The van der Waals surface area contributed by atoms with Gasteiger partial charge in [-0.3, -0.25) is 10.00 Å². The van der Waals surface area contributed by atoms with Crippen LogP contribution in [0.1, 0.15) is 18.4 Å². The number of likely N-dealkylation sites (tertiary alicyclic amines) is 1. The van der Waals surface area contributed by atoms with E-state index in [-0.39, 0.29) is 0 Å². The van der Waals surface area contributed by atoms with Crippen molar-refractivity contribution < 1.29 is 0 Å². The minimum atomic E-state index is 0.445. The molecule has 1 aliphatic rings. The Morgan fingerprint density at radius 3 is 2.96 bits per heavy atom. The Balaban J connectivity index is 1.40. The maximum atomic E-state index is 6.14. The zero-order valence-electron chi connectivity index (χ0n) is 13.8. The van der Waals surface area contributed by atoms with Gasteiger partial charge in [0, 0.05) is 30.2 Å². The van der Waals surface area contributed by atoms with Gasteiger partial charge in [0.05, 0.1) is 21.8 Å². The molecule has 0 radical (unpaired) electrons. The molecule has 0 aliphatic carbocycles. The highest BCUT2D eigenvalue weighted by molar-refractivity contribution is 6.42. The lowest BCUT2D eigenvalue weighted by Gasteiger charge is -2.33. The molecule has 130 valence electrons. The zero-order chi connectivity index (χ0) is 17.2. The topological polar surface area (TPSA) is 44.0 Å². The van der Waals surface area contributed by atoms with Gasteiger partial charge >= 0.3 is 0 Å². The maximum Gasteiger partial charge on any atom is 0.0651 e. The first-order valence-corrected chi connectivity index (χ1v) is 9.29. The minimum absolute atomic E-state index is 0.445. The van der Waals surface area contributed by atoms with Crippen LogP contribution in [-0.4, -0.2) is 34.2 Å². The average Bonchev–Trinajstić information content (AvgIpc) is 3.06. The number of halogens is 2. The molecule has 4 nitrogen and oxygen atoms in total. The molecular formula is C19H20Cl2N4. The Bertz CT molecular complexity index is 877. The lowest BCUT2D eigenvalue weighted by atomic mass is 10.0. The first-order valence-electron chi connectivity index (χ1n) is 8.53. The molecule has 1 atom stereocenters. The lowest BCUT2D eigenvalue weighted by Crippen LogP contribution is -2.41. The van der Waals surface area contributed by atoms with Gasteiger partial charge in [0.25, 0.3) is 0 Å². The van der Waals surface area contributed by atoms with Gasteiger partial charge in [-0.25, -0.2) is 0 Å². The molecule has 25 heavy (non-hydrogen) atoms. The maximum absolute atomic E-state index is 6.14. The van der Waals surface area contributed by atoms with Gasteiger partial charge in [-0.2, -0.15) is 5.10 Å². The number of benzene rings is 2. The van der Waals surface area contributed by atoms with E-state index in [1.165, 1.54) is 18.4 Å². The molecule has 6 heteroatoms. The summed E-state index contributed by atoms with van der Waals surface area (Å²) >= 11 is 12.1. The molecule has 2 heterocycles. The Kier molecular flexibility index (Phi) is 4.84. The number of nitrogens with one attached hydrogen (secondary N) is 2. The van der Waals surface area contributed by atoms with Gasteiger partial charge in [0.2, 0.25) is 0 Å². The predicted octanol–water partition coefficient (Wildman–Crippen LogP) is 4.95. The Labute approximate surface area is 157 Å². The summed E-state index contributed by atoms with van der Waals surface area (Å²) in [6.45, 7) is 3.03. The second kappa shape index (κ2) is 7.24. The van der Waals surface area contributed by atoms with Gasteiger partial charge in [0.15, 0.2) is 0 Å². The second-order valence-electron chi connectivity index (χ2n) is 6.64. The monoisotopic (exact) mass is 374 g/mol. The summed E-state index contributed by atoms with van der Waals surface area (Å²) in [6.07, 6.45) is 4.23. The molecule has 2 aromatic carbocycles. The molecule has 1 aromatic heterocycles. The van der Waals surface area contributed by atoms with E-state index in [2.05, 4.69) is 44.7 Å². The molecule has 0 saturated carbocycles. The van der Waals surface area contributed by atoms with Crippen LogP contribution >= 0.6 is 23.2 Å². The normalized spacial score (nSPS) is 18.6. The van der Waals surface area contributed by atoms with Crippen LogP contribution in [0, 0.1) is 0 Å². The van der Waals surface area contributed by atoms with Crippen LogP contribution < -0.4 is 5.32 Å². The van der Waals surface area contributed by atoms with E-state index in [0.29, 0.717) is 16.1 Å². The van der Waals surface area contributed by atoms with Crippen LogP contribution in [0.15, 0.2) is 42.6 Å². The number of hydrogen-bond acceptors (Lipinski definition) is 3. The van der Waals surface area contributed by atoms with Gasteiger partial charge in [-0.1, -0.05) is 29.3 Å². The summed E-state index contributed by atoms with van der Waals surface area (Å²) in [4.78, 5) is 2.47. The van der Waals surface area contributed by atoms with Crippen LogP contribution in [0.4, 0.5) is 5.69 Å². The number of H-pyrrole nitrogens is 1. The number of fused-ring (bicyclic) bond motifs is 1. The van der Waals surface area contributed by atoms with E-state index in [9.17, 15) is 0 Å². The molecule has 4 rings (SSSR count). The second-order valence-corrected chi connectivity index (χ2v) is 7.45. The molecule has 0 spiro atoms. The summed E-state index contributed by atoms with van der Waals surface area (Å²) in [5.41, 5.74) is 3.42. The van der Waals surface area contributed by atoms with Crippen molar-refractivity contribution in [1.29, 1.82) is 0 Å². The highest BCUT2D eigenvalue weighted by Gasteiger charge is 2.20. The number of aromatic amines is 1. The fourth-order valence-electron chi connectivity index (χ4n) is 3.48. The van der Waals surface area contributed by atoms with Crippen molar-refractivity contribution in [1.82, 2.24) is 15.1 Å². The fraction of sp³-hybridized carbons (Fsp3) is 0.316. The summed E-state index contributed by atoms with van der Waals surface area (Å²) in [6, 6.07) is 12.7. The number of anilines is 1. The van der Waals surface area contributed by atoms with Crippen LogP contribution in [0.25, 0.3) is 10.9 Å². The molecular weight excluding hydrogens is 355 g/mol. The molecule has 0 amide bonds. The van der Waals surface area contributed by atoms with E-state index in [1.807, 2.05) is 18.3 Å². The Morgan fingerprint density at radius 1 is 1.16 bits per heavy atom. The molecule has 3 aromatic rings. The summed E-state index contributed by atoms with van der Waals surface area (Å²) in [7, 11) is 0. The van der Waals surface area contributed by atoms with Crippen LogP contribution in [0.5, 0.6) is 0 Å². The van der Waals surface area contributed by atoms with Crippen LogP contribution in [0.3, 0.4) is 0 Å². The molecule has 1 saturated heterocycles. The van der Waals surface area contributed by atoms with E-state index in [1.54, 1.807) is 0 Å². The van der Waals surface area contributed by atoms with Gasteiger partial charge < -0.3 is 5.32 Å². The zero-order valence-corrected chi connectivity index (χ0v) is 15.3. The number of piperidine rings is 1. The number of nitrogens with zero attached hydrogens (tertiary/aromatic N) is 2. The summed E-state index contributed by atoms with van der Waals surface area (Å²) in [5.74, 6) is 0.